The Morgan fingerprint density at radius 3 is 3.12 bits per heavy atom. The van der Waals surface area contributed by atoms with Crippen LogP contribution < -0.4 is 10.6 Å². The van der Waals surface area contributed by atoms with Crippen LogP contribution in [0.3, 0.4) is 0 Å². The molecule has 0 radical (unpaired) electrons. The summed E-state index contributed by atoms with van der Waals surface area (Å²) in [6.45, 7) is 5.18. The summed E-state index contributed by atoms with van der Waals surface area (Å²) in [5, 5.41) is 5.77. The van der Waals surface area contributed by atoms with E-state index in [-0.39, 0.29) is 5.91 Å². The highest BCUT2D eigenvalue weighted by Crippen LogP contribution is 1.94. The minimum absolute atomic E-state index is 0.00532. The van der Waals surface area contributed by atoms with Crippen molar-refractivity contribution in [3.05, 3.63) is 42.7 Å². The van der Waals surface area contributed by atoms with Crippen molar-refractivity contribution < 1.29 is 4.79 Å². The molecule has 4 heteroatoms. The van der Waals surface area contributed by atoms with Crippen LogP contribution in [0.5, 0.6) is 0 Å². The zero-order valence-electron chi connectivity index (χ0n) is 9.28. The van der Waals surface area contributed by atoms with Crippen LogP contribution in [0.1, 0.15) is 5.56 Å². The zero-order chi connectivity index (χ0) is 11.6. The highest BCUT2D eigenvalue weighted by Gasteiger charge is 1.98. The molecule has 0 aliphatic rings. The fourth-order valence-electron chi connectivity index (χ4n) is 1.24. The topological polar surface area (TPSA) is 54.0 Å². The molecule has 2 N–H and O–H groups in total. The molecule has 16 heavy (non-hydrogen) atoms. The third-order valence-corrected chi connectivity index (χ3v) is 2.03. The molecule has 0 fully saturated rings. The van der Waals surface area contributed by atoms with Crippen molar-refractivity contribution in [3.8, 4) is 0 Å². The van der Waals surface area contributed by atoms with Gasteiger partial charge in [-0.3, -0.25) is 9.78 Å². The first-order valence-electron chi connectivity index (χ1n) is 5.30. The fraction of sp³-hybridized carbons (Fsp3) is 0.333. The Hall–Kier alpha value is -1.68. The van der Waals surface area contributed by atoms with Crippen molar-refractivity contribution in [1.82, 2.24) is 15.6 Å². The number of hydrogen-bond acceptors (Lipinski definition) is 3. The lowest BCUT2D eigenvalue weighted by atomic mass is 10.2. The molecule has 0 spiro atoms. The predicted molar refractivity (Wildman–Crippen MR) is 64.0 cm³/mol. The van der Waals surface area contributed by atoms with Crippen LogP contribution >= 0.6 is 0 Å². The molecule has 1 aromatic heterocycles. The molecule has 1 heterocycles. The molecule has 1 rings (SSSR count). The molecule has 0 aromatic carbocycles. The molecule has 86 valence electrons. The van der Waals surface area contributed by atoms with Crippen LogP contribution in [0, 0.1) is 0 Å². The Morgan fingerprint density at radius 1 is 1.56 bits per heavy atom. The Balaban J connectivity index is 2.11. The van der Waals surface area contributed by atoms with E-state index in [0.717, 1.165) is 12.0 Å². The largest absolute Gasteiger partial charge is 0.355 e. The number of aromatic nitrogens is 1. The molecule has 1 aromatic rings. The van der Waals surface area contributed by atoms with Gasteiger partial charge in [-0.2, -0.15) is 0 Å². The third-order valence-electron chi connectivity index (χ3n) is 2.03. The maximum Gasteiger partial charge on any atom is 0.233 e. The first-order valence-corrected chi connectivity index (χ1v) is 5.30. The quantitative estimate of drug-likeness (QED) is 0.519. The smallest absolute Gasteiger partial charge is 0.233 e. The second-order valence-electron chi connectivity index (χ2n) is 3.38. The normalized spacial score (nSPS) is 9.75. The van der Waals surface area contributed by atoms with E-state index in [2.05, 4.69) is 22.2 Å². The first-order chi connectivity index (χ1) is 7.83. The van der Waals surface area contributed by atoms with E-state index in [9.17, 15) is 4.79 Å². The second kappa shape index (κ2) is 7.59. The summed E-state index contributed by atoms with van der Waals surface area (Å²) in [6, 6.07) is 3.89. The number of hydrogen-bond donors (Lipinski definition) is 2. The summed E-state index contributed by atoms with van der Waals surface area (Å²) in [7, 11) is 0. The first kappa shape index (κ1) is 12.4. The SMILES string of the molecule is C=CCNCC(=O)NCCc1cccnc1. The van der Waals surface area contributed by atoms with Crippen molar-refractivity contribution in [1.29, 1.82) is 0 Å². The minimum atomic E-state index is 0.00532. The van der Waals surface area contributed by atoms with Crippen LogP contribution in [0.25, 0.3) is 0 Å². The lowest BCUT2D eigenvalue weighted by Crippen LogP contribution is -2.34. The van der Waals surface area contributed by atoms with Gasteiger partial charge in [0, 0.05) is 25.5 Å². The molecular weight excluding hydrogens is 202 g/mol. The van der Waals surface area contributed by atoms with E-state index < -0.39 is 0 Å². The summed E-state index contributed by atoms with van der Waals surface area (Å²) >= 11 is 0. The van der Waals surface area contributed by atoms with Gasteiger partial charge in [0.1, 0.15) is 0 Å². The van der Waals surface area contributed by atoms with Crippen LogP contribution in [0.4, 0.5) is 0 Å². The number of amides is 1. The average Bonchev–Trinajstić information content (AvgIpc) is 2.31. The van der Waals surface area contributed by atoms with Crippen molar-refractivity contribution in [2.24, 2.45) is 0 Å². The number of nitrogens with one attached hydrogen (secondary N) is 2. The molecule has 0 atom stereocenters. The van der Waals surface area contributed by atoms with Crippen LogP contribution in [0.15, 0.2) is 37.2 Å². The van der Waals surface area contributed by atoms with Crippen LogP contribution in [0.2, 0.25) is 0 Å². The molecule has 0 unspecified atom stereocenters. The van der Waals surface area contributed by atoms with Crippen molar-refractivity contribution in [3.63, 3.8) is 0 Å². The van der Waals surface area contributed by atoms with Crippen LogP contribution in [-0.4, -0.2) is 30.5 Å². The zero-order valence-corrected chi connectivity index (χ0v) is 9.28. The molecule has 0 aliphatic carbocycles. The molecular formula is C12H17N3O. The monoisotopic (exact) mass is 219 g/mol. The maximum atomic E-state index is 11.3. The average molecular weight is 219 g/mol. The van der Waals surface area contributed by atoms with E-state index >= 15 is 0 Å². The van der Waals surface area contributed by atoms with Gasteiger partial charge in [0.2, 0.25) is 5.91 Å². The summed E-state index contributed by atoms with van der Waals surface area (Å²) in [6.07, 6.45) is 6.08. The van der Waals surface area contributed by atoms with Crippen LogP contribution in [-0.2, 0) is 11.2 Å². The minimum Gasteiger partial charge on any atom is -0.355 e. The molecule has 0 saturated heterocycles. The highest BCUT2D eigenvalue weighted by molar-refractivity contribution is 5.77. The van der Waals surface area contributed by atoms with E-state index in [1.54, 1.807) is 12.3 Å². The van der Waals surface area contributed by atoms with E-state index in [1.165, 1.54) is 0 Å². The predicted octanol–water partition coefficient (Wildman–Crippen LogP) is 0.516. The summed E-state index contributed by atoms with van der Waals surface area (Å²) in [4.78, 5) is 15.3. The Morgan fingerprint density at radius 2 is 2.44 bits per heavy atom. The molecule has 0 bridgehead atoms. The molecule has 0 aliphatic heterocycles. The van der Waals surface area contributed by atoms with Gasteiger partial charge < -0.3 is 10.6 Å². The summed E-state index contributed by atoms with van der Waals surface area (Å²) < 4.78 is 0. The van der Waals surface area contributed by atoms with Gasteiger partial charge in [-0.15, -0.1) is 6.58 Å². The molecule has 4 nitrogen and oxygen atoms in total. The standard InChI is InChI=1S/C12H17N3O/c1-2-6-13-10-12(16)15-8-5-11-4-3-7-14-9-11/h2-4,7,9,13H,1,5-6,8,10H2,(H,15,16). The second-order valence-corrected chi connectivity index (χ2v) is 3.38. The van der Waals surface area contributed by atoms with E-state index in [0.29, 0.717) is 19.6 Å². The van der Waals surface area contributed by atoms with Gasteiger partial charge in [-0.05, 0) is 18.1 Å². The molecule has 0 saturated carbocycles. The lowest BCUT2D eigenvalue weighted by Gasteiger charge is -2.05. The summed E-state index contributed by atoms with van der Waals surface area (Å²) in [5.74, 6) is 0.00532. The number of carbonyl (C=O) groups is 1. The molecule has 1 amide bonds. The van der Waals surface area contributed by atoms with Crippen molar-refractivity contribution in [2.75, 3.05) is 19.6 Å². The van der Waals surface area contributed by atoms with Gasteiger partial charge >= 0.3 is 0 Å². The number of nitrogens with zero attached hydrogens (tertiary/aromatic N) is 1. The lowest BCUT2D eigenvalue weighted by molar-refractivity contribution is -0.120. The summed E-state index contributed by atoms with van der Waals surface area (Å²) in [5.41, 5.74) is 1.13. The van der Waals surface area contributed by atoms with Gasteiger partial charge in [0.25, 0.3) is 0 Å². The maximum absolute atomic E-state index is 11.3. The Kier molecular flexibility index (Phi) is 5.88. The highest BCUT2D eigenvalue weighted by atomic mass is 16.1. The Bertz CT molecular complexity index is 324. The van der Waals surface area contributed by atoms with Gasteiger partial charge in [0.15, 0.2) is 0 Å². The van der Waals surface area contributed by atoms with Gasteiger partial charge in [-0.25, -0.2) is 0 Å². The van der Waals surface area contributed by atoms with Crippen molar-refractivity contribution in [2.45, 2.75) is 6.42 Å². The third kappa shape index (κ3) is 5.26. The number of rotatable bonds is 7. The van der Waals surface area contributed by atoms with Crippen molar-refractivity contribution >= 4 is 5.91 Å². The number of pyridine rings is 1. The van der Waals surface area contributed by atoms with Gasteiger partial charge in [0.05, 0.1) is 6.54 Å². The van der Waals surface area contributed by atoms with E-state index in [4.69, 9.17) is 0 Å². The van der Waals surface area contributed by atoms with Gasteiger partial charge in [-0.1, -0.05) is 12.1 Å². The van der Waals surface area contributed by atoms with E-state index in [1.807, 2.05) is 18.3 Å². The fourth-order valence-corrected chi connectivity index (χ4v) is 1.24. The number of carbonyl (C=O) groups excluding carboxylic acids is 1. The Labute approximate surface area is 95.8 Å².